The van der Waals surface area contributed by atoms with Gasteiger partial charge in [0, 0.05) is 6.42 Å². The number of hydrogen-bond donors (Lipinski definition) is 1. The molecular formula is C15H21NO2. The molecule has 18 heavy (non-hydrogen) atoms. The number of rotatable bonds is 3. The van der Waals surface area contributed by atoms with Crippen molar-refractivity contribution in [3.63, 3.8) is 0 Å². The number of benzene rings is 1. The highest BCUT2D eigenvalue weighted by Gasteiger charge is 2.40. The van der Waals surface area contributed by atoms with Gasteiger partial charge in [0.05, 0.1) is 7.11 Å². The molecule has 0 radical (unpaired) electrons. The maximum atomic E-state index is 12.1. The lowest BCUT2D eigenvalue weighted by Crippen LogP contribution is -2.56. The highest BCUT2D eigenvalue weighted by molar-refractivity contribution is 5.81. The zero-order valence-electron chi connectivity index (χ0n) is 11.2. The molecular weight excluding hydrogens is 226 g/mol. The average Bonchev–Trinajstić information content (AvgIpc) is 2.41. The largest absolute Gasteiger partial charge is 0.468 e. The normalized spacial score (nSPS) is 23.7. The Morgan fingerprint density at radius 3 is 2.61 bits per heavy atom. The fourth-order valence-corrected chi connectivity index (χ4v) is 2.61. The van der Waals surface area contributed by atoms with Crippen molar-refractivity contribution < 1.29 is 9.53 Å². The Kier molecular flexibility index (Phi) is 4.02. The first-order valence-corrected chi connectivity index (χ1v) is 6.55. The molecule has 1 aromatic rings. The van der Waals surface area contributed by atoms with Crippen LogP contribution in [0.1, 0.15) is 30.4 Å². The second-order valence-corrected chi connectivity index (χ2v) is 5.12. The molecule has 1 heterocycles. The second-order valence-electron chi connectivity index (χ2n) is 5.12. The van der Waals surface area contributed by atoms with E-state index < -0.39 is 5.54 Å². The molecule has 2 rings (SSSR count). The van der Waals surface area contributed by atoms with Gasteiger partial charge in [0.2, 0.25) is 0 Å². The van der Waals surface area contributed by atoms with Crippen LogP contribution in [0.25, 0.3) is 0 Å². The Morgan fingerprint density at radius 2 is 2.06 bits per heavy atom. The van der Waals surface area contributed by atoms with Crippen LogP contribution in [0.2, 0.25) is 0 Å². The van der Waals surface area contributed by atoms with E-state index in [2.05, 4.69) is 36.5 Å². The third kappa shape index (κ3) is 2.72. The summed E-state index contributed by atoms with van der Waals surface area (Å²) in [5.41, 5.74) is 1.89. The van der Waals surface area contributed by atoms with Gasteiger partial charge in [-0.1, -0.05) is 29.8 Å². The van der Waals surface area contributed by atoms with Gasteiger partial charge in [0.25, 0.3) is 0 Å². The van der Waals surface area contributed by atoms with Crippen LogP contribution in [0.15, 0.2) is 24.3 Å². The van der Waals surface area contributed by atoms with Crippen molar-refractivity contribution in [1.29, 1.82) is 0 Å². The van der Waals surface area contributed by atoms with Crippen LogP contribution in [0.3, 0.4) is 0 Å². The summed E-state index contributed by atoms with van der Waals surface area (Å²) in [5.74, 6) is -0.136. The maximum absolute atomic E-state index is 12.1. The summed E-state index contributed by atoms with van der Waals surface area (Å²) in [4.78, 5) is 12.1. The van der Waals surface area contributed by atoms with Crippen molar-refractivity contribution in [2.75, 3.05) is 13.7 Å². The molecule has 1 atom stereocenters. The van der Waals surface area contributed by atoms with Gasteiger partial charge in [-0.15, -0.1) is 0 Å². The Labute approximate surface area is 109 Å². The van der Waals surface area contributed by atoms with E-state index in [1.165, 1.54) is 18.2 Å². The van der Waals surface area contributed by atoms with Crippen LogP contribution >= 0.6 is 0 Å². The fourth-order valence-electron chi connectivity index (χ4n) is 2.61. The van der Waals surface area contributed by atoms with Crippen LogP contribution in [0.4, 0.5) is 0 Å². The van der Waals surface area contributed by atoms with Gasteiger partial charge >= 0.3 is 5.97 Å². The molecule has 0 bridgehead atoms. The number of methoxy groups -OCH3 is 1. The van der Waals surface area contributed by atoms with Crippen molar-refractivity contribution >= 4 is 5.97 Å². The molecule has 1 aliphatic rings. The summed E-state index contributed by atoms with van der Waals surface area (Å²) in [6, 6.07) is 8.36. The van der Waals surface area contributed by atoms with Crippen LogP contribution in [0, 0.1) is 6.92 Å². The van der Waals surface area contributed by atoms with Crippen molar-refractivity contribution in [3.05, 3.63) is 35.4 Å². The standard InChI is InChI=1S/C15H21NO2/c1-12-5-7-13(8-6-12)11-15(14(17)18-2)9-3-4-10-16-15/h5-8,16H,3-4,9-11H2,1-2H3. The van der Waals surface area contributed by atoms with Crippen LogP contribution in [-0.2, 0) is 16.0 Å². The van der Waals surface area contributed by atoms with Gasteiger partial charge in [-0.2, -0.15) is 0 Å². The Hall–Kier alpha value is -1.35. The van der Waals surface area contributed by atoms with E-state index in [9.17, 15) is 4.79 Å². The first-order valence-electron chi connectivity index (χ1n) is 6.55. The molecule has 0 spiro atoms. The van der Waals surface area contributed by atoms with E-state index in [4.69, 9.17) is 4.74 Å². The number of hydrogen-bond acceptors (Lipinski definition) is 3. The number of aryl methyl sites for hydroxylation is 1. The van der Waals surface area contributed by atoms with Gasteiger partial charge in [0.15, 0.2) is 0 Å². The third-order valence-corrected chi connectivity index (χ3v) is 3.70. The Bertz CT molecular complexity index is 405. The van der Waals surface area contributed by atoms with Crippen molar-refractivity contribution in [2.24, 2.45) is 0 Å². The monoisotopic (exact) mass is 247 g/mol. The molecule has 3 nitrogen and oxygen atoms in total. The first kappa shape index (κ1) is 13.1. The summed E-state index contributed by atoms with van der Waals surface area (Å²) in [6.45, 7) is 2.96. The van der Waals surface area contributed by atoms with E-state index in [1.54, 1.807) is 0 Å². The number of esters is 1. The van der Waals surface area contributed by atoms with Gasteiger partial charge in [-0.25, -0.2) is 0 Å². The van der Waals surface area contributed by atoms with Crippen LogP contribution in [0.5, 0.6) is 0 Å². The number of carbonyl (C=O) groups is 1. The van der Waals surface area contributed by atoms with Crippen LogP contribution in [-0.4, -0.2) is 25.2 Å². The lowest BCUT2D eigenvalue weighted by molar-refractivity contribution is -0.149. The molecule has 3 heteroatoms. The number of piperidine rings is 1. The number of ether oxygens (including phenoxy) is 1. The van der Waals surface area contributed by atoms with Gasteiger partial charge in [-0.3, -0.25) is 4.79 Å². The first-order chi connectivity index (χ1) is 8.66. The second kappa shape index (κ2) is 5.53. The van der Waals surface area contributed by atoms with Crippen molar-refractivity contribution in [2.45, 2.75) is 38.1 Å². The highest BCUT2D eigenvalue weighted by atomic mass is 16.5. The maximum Gasteiger partial charge on any atom is 0.326 e. The Morgan fingerprint density at radius 1 is 1.33 bits per heavy atom. The zero-order chi connectivity index (χ0) is 13.0. The number of nitrogens with one attached hydrogen (secondary N) is 1. The summed E-state index contributed by atoms with van der Waals surface area (Å²) in [6.07, 6.45) is 3.77. The molecule has 98 valence electrons. The van der Waals surface area contributed by atoms with E-state index in [0.717, 1.165) is 25.8 Å². The minimum atomic E-state index is -0.526. The zero-order valence-corrected chi connectivity index (χ0v) is 11.2. The molecule has 1 aromatic carbocycles. The van der Waals surface area contributed by atoms with Crippen LogP contribution < -0.4 is 5.32 Å². The summed E-state index contributed by atoms with van der Waals surface area (Å²) in [5, 5.41) is 3.37. The summed E-state index contributed by atoms with van der Waals surface area (Å²) < 4.78 is 4.99. The number of carbonyl (C=O) groups excluding carboxylic acids is 1. The van der Waals surface area contributed by atoms with Gasteiger partial charge in [-0.05, 0) is 38.3 Å². The quantitative estimate of drug-likeness (QED) is 0.832. The molecule has 0 aromatic heterocycles. The molecule has 1 unspecified atom stereocenters. The highest BCUT2D eigenvalue weighted by Crippen LogP contribution is 2.25. The molecule has 1 saturated heterocycles. The molecule has 0 amide bonds. The minimum absolute atomic E-state index is 0.136. The van der Waals surface area contributed by atoms with E-state index in [-0.39, 0.29) is 5.97 Å². The van der Waals surface area contributed by atoms with Gasteiger partial charge < -0.3 is 10.1 Å². The van der Waals surface area contributed by atoms with Gasteiger partial charge in [0.1, 0.15) is 5.54 Å². The van der Waals surface area contributed by atoms with E-state index >= 15 is 0 Å². The smallest absolute Gasteiger partial charge is 0.326 e. The van der Waals surface area contributed by atoms with E-state index in [1.807, 2.05) is 0 Å². The molecule has 0 saturated carbocycles. The third-order valence-electron chi connectivity index (χ3n) is 3.70. The molecule has 1 fully saturated rings. The van der Waals surface area contributed by atoms with Crippen molar-refractivity contribution in [1.82, 2.24) is 5.32 Å². The summed E-state index contributed by atoms with van der Waals surface area (Å²) >= 11 is 0. The lowest BCUT2D eigenvalue weighted by atomic mass is 9.83. The predicted molar refractivity (Wildman–Crippen MR) is 71.5 cm³/mol. The fraction of sp³-hybridized carbons (Fsp3) is 0.533. The average molecular weight is 247 g/mol. The van der Waals surface area contributed by atoms with E-state index in [0.29, 0.717) is 6.42 Å². The summed E-state index contributed by atoms with van der Waals surface area (Å²) in [7, 11) is 1.47. The minimum Gasteiger partial charge on any atom is -0.468 e. The molecule has 0 aliphatic carbocycles. The molecule has 1 N–H and O–H groups in total. The SMILES string of the molecule is COC(=O)C1(Cc2ccc(C)cc2)CCCCN1. The molecule has 1 aliphatic heterocycles. The lowest BCUT2D eigenvalue weighted by Gasteiger charge is -2.35. The Balaban J connectivity index is 2.19. The predicted octanol–water partition coefficient (Wildman–Crippen LogP) is 2.22. The topological polar surface area (TPSA) is 38.3 Å². The van der Waals surface area contributed by atoms with Crippen molar-refractivity contribution in [3.8, 4) is 0 Å².